The van der Waals surface area contributed by atoms with Crippen LogP contribution in [-0.4, -0.2) is 27.1 Å². The first kappa shape index (κ1) is 44.2. The molecule has 0 atom stereocenters. The molecule has 0 saturated carbocycles. The maximum Gasteiger partial charge on any atom is 3.00 e. The molecule has 0 amide bonds. The third kappa shape index (κ3) is 349. The van der Waals surface area contributed by atoms with Gasteiger partial charge < -0.3 is 84.7 Å². The van der Waals surface area contributed by atoms with Gasteiger partial charge in [0.05, 0.1) is 0 Å². The number of hydrogen-bond acceptors (Lipinski definition) is 12. The number of hydrogen-bond donors (Lipinski definition) is 0. The van der Waals surface area contributed by atoms with Crippen LogP contribution in [0.1, 0.15) is 0 Å². The first-order valence-corrected chi connectivity index (χ1v) is 7.35. The van der Waals surface area contributed by atoms with Crippen LogP contribution in [0.4, 0.5) is 0 Å². The average molecular weight is 840 g/mol. The van der Waals surface area contributed by atoms with Crippen molar-refractivity contribution in [1.29, 1.82) is 0 Å². The zero-order chi connectivity index (χ0) is 13.5. The van der Waals surface area contributed by atoms with Crippen molar-refractivity contribution in [3.8, 4) is 0 Å². The van der Waals surface area contributed by atoms with Crippen molar-refractivity contribution in [3.05, 3.63) is 0 Å². The second kappa shape index (κ2) is 21.7. The molecule has 0 aromatic heterocycles. The van der Waals surface area contributed by atoms with Crippen LogP contribution in [0.3, 0.4) is 0 Å². The van der Waals surface area contributed by atoms with Gasteiger partial charge in [0.2, 0.25) is 0 Å². The van der Waals surface area contributed by atoms with Crippen molar-refractivity contribution in [1.82, 2.24) is 0 Å². The van der Waals surface area contributed by atoms with Gasteiger partial charge in [-0.05, 0) is 0 Å². The van der Waals surface area contributed by atoms with Crippen LogP contribution in [0.5, 0.6) is 0 Å². The Morgan fingerprint density at radius 3 is 0.263 bits per heavy atom. The minimum Gasteiger partial charge on any atom is -0.894 e. The van der Waals surface area contributed by atoms with Gasteiger partial charge in [0, 0.05) is 0 Å². The van der Waals surface area contributed by atoms with Crippen molar-refractivity contribution in [2.24, 2.45) is 0 Å². The second-order valence-corrected chi connectivity index (χ2v) is 4.50. The van der Waals surface area contributed by atoms with Gasteiger partial charge in [0.15, 0.2) is 0 Å². The van der Waals surface area contributed by atoms with Crippen molar-refractivity contribution in [3.63, 3.8) is 0 Å². The Hall–Kier alpha value is 5.63. The van der Waals surface area contributed by atoms with E-state index < -0.39 is 27.1 Å². The molecule has 0 bridgehead atoms. The largest absolute Gasteiger partial charge is 3.00 e. The van der Waals surface area contributed by atoms with Crippen molar-refractivity contribution in [2.75, 3.05) is 0 Å². The standard InChI is InChI=1S/3O4Si.4Pr/c3*1-5(2,3)4;;;;/q3*-4;4*+3. The fraction of sp³-hybridized carbons (Fsp3) is 0. The van der Waals surface area contributed by atoms with Crippen LogP contribution in [0, 0.1) is 165 Å². The summed E-state index contributed by atoms with van der Waals surface area (Å²) in [4.78, 5) is 103. The molecule has 0 N–H and O–H groups in total. The molecule has 0 rings (SSSR count). The van der Waals surface area contributed by atoms with Gasteiger partial charge in [-0.1, -0.05) is 0 Å². The van der Waals surface area contributed by atoms with E-state index in [9.17, 15) is 0 Å². The summed E-state index contributed by atoms with van der Waals surface area (Å²) in [6.07, 6.45) is 0. The molecule has 0 aromatic rings. The maximum atomic E-state index is 8.58. The van der Waals surface area contributed by atoms with Crippen LogP contribution in [0.2, 0.25) is 0 Å². The fourth-order valence-corrected chi connectivity index (χ4v) is 0. The molecular weight excluding hydrogens is 840 g/mol. The van der Waals surface area contributed by atoms with E-state index in [1.54, 1.807) is 0 Å². The van der Waals surface area contributed by atoms with Crippen molar-refractivity contribution in [2.45, 2.75) is 0 Å². The minimum absolute atomic E-state index is 0. The molecule has 96 valence electrons. The Morgan fingerprint density at radius 1 is 0.263 bits per heavy atom. The Bertz CT molecular complexity index is 100.0. The topological polar surface area (TPSA) is 277 Å². The van der Waals surface area contributed by atoms with Crippen LogP contribution < -0.4 is 57.5 Å². The summed E-state index contributed by atoms with van der Waals surface area (Å²) in [7, 11) is -16.8. The summed E-state index contributed by atoms with van der Waals surface area (Å²) in [5.41, 5.74) is 0. The van der Waals surface area contributed by atoms with Crippen LogP contribution in [0.15, 0.2) is 0 Å². The maximum absolute atomic E-state index is 8.58. The van der Waals surface area contributed by atoms with Gasteiger partial charge in [-0.15, -0.1) is 0 Å². The average Bonchev–Trinajstić information content (AvgIpc) is 1.41. The van der Waals surface area contributed by atoms with Crippen LogP contribution >= 0.6 is 0 Å². The van der Waals surface area contributed by atoms with Crippen LogP contribution in [-0.2, 0) is 0 Å². The molecule has 0 fully saturated rings. The molecule has 12 nitrogen and oxygen atoms in total. The predicted octanol–water partition coefficient (Wildman–Crippen LogP) is -15.4. The first-order chi connectivity index (χ1) is 6.00. The molecule has 0 aliphatic rings. The van der Waals surface area contributed by atoms with Gasteiger partial charge >= 0.3 is 165 Å². The SMILES string of the molecule is [O-][Si]([O-])([O-])[O-].[O-][Si]([O-])([O-])[O-].[O-][Si]([O-])([O-])[O-].[Pr+3].[Pr+3].[Pr+3].[Pr+3]. The molecule has 0 aliphatic heterocycles. The van der Waals surface area contributed by atoms with Gasteiger partial charge in [-0.2, -0.15) is 0 Å². The molecule has 0 aromatic carbocycles. The third-order valence-corrected chi connectivity index (χ3v) is 0. The zero-order valence-corrected chi connectivity index (χ0v) is 26.5. The molecule has 0 heterocycles. The van der Waals surface area contributed by atoms with E-state index in [1.165, 1.54) is 0 Å². The van der Waals surface area contributed by atoms with Crippen molar-refractivity contribution >= 4 is 27.1 Å². The Labute approximate surface area is 243 Å². The minimum atomic E-state index is -5.61. The summed E-state index contributed by atoms with van der Waals surface area (Å²) in [6, 6.07) is 0. The van der Waals surface area contributed by atoms with E-state index in [-0.39, 0.29) is 165 Å². The monoisotopic (exact) mass is 840 g/mol. The van der Waals surface area contributed by atoms with E-state index in [1.807, 2.05) is 0 Å². The van der Waals surface area contributed by atoms with Gasteiger partial charge in [0.25, 0.3) is 0 Å². The van der Waals surface area contributed by atoms with E-state index in [0.717, 1.165) is 0 Å². The summed E-state index contributed by atoms with van der Waals surface area (Å²) in [5.74, 6) is 0. The Morgan fingerprint density at radius 2 is 0.263 bits per heavy atom. The van der Waals surface area contributed by atoms with Gasteiger partial charge in [0.1, 0.15) is 0 Å². The third-order valence-electron chi connectivity index (χ3n) is 0. The predicted molar refractivity (Wildman–Crippen MR) is 17.3 cm³/mol. The summed E-state index contributed by atoms with van der Waals surface area (Å²) < 4.78 is 0. The molecular formula is O12Pr4Si3. The molecule has 0 unspecified atom stereocenters. The molecule has 0 aliphatic carbocycles. The normalized spacial score (nSPS) is 9.47. The zero-order valence-electron chi connectivity index (χ0n) is 8.71. The van der Waals surface area contributed by atoms with Crippen LogP contribution in [0.25, 0.3) is 0 Å². The van der Waals surface area contributed by atoms with E-state index in [2.05, 4.69) is 0 Å². The van der Waals surface area contributed by atoms with E-state index in [0.29, 0.717) is 0 Å². The summed E-state index contributed by atoms with van der Waals surface area (Å²) in [6.45, 7) is 0. The second-order valence-electron chi connectivity index (χ2n) is 1.50. The molecule has 19 heteroatoms. The Kier molecular flexibility index (Phi) is 50.5. The Balaban J connectivity index is -0.0000000206. The molecule has 19 heavy (non-hydrogen) atoms. The summed E-state index contributed by atoms with van der Waals surface area (Å²) >= 11 is 0. The first-order valence-electron chi connectivity index (χ1n) is 2.45. The fourth-order valence-electron chi connectivity index (χ4n) is 0. The van der Waals surface area contributed by atoms with Crippen molar-refractivity contribution < 1.29 is 223 Å². The van der Waals surface area contributed by atoms with E-state index in [4.69, 9.17) is 57.5 Å². The molecule has 0 saturated heterocycles. The summed E-state index contributed by atoms with van der Waals surface area (Å²) in [5, 5.41) is 0. The molecule has 0 spiro atoms. The van der Waals surface area contributed by atoms with E-state index >= 15 is 0 Å². The smallest absolute Gasteiger partial charge is 0.894 e. The quantitative estimate of drug-likeness (QED) is 0.206. The van der Waals surface area contributed by atoms with Gasteiger partial charge in [-0.25, -0.2) is 0 Å². The number of rotatable bonds is 0. The van der Waals surface area contributed by atoms with Gasteiger partial charge in [-0.3, -0.25) is 0 Å². The molecule has 0 radical (unpaired) electrons.